The SMILES string of the molecule is COc1ncc(-c2ccc3ncc(C#N)c(N4CCSC(C)(C)C4)c3c2)cc1NS(C)(=O)=O. The molecule has 1 aromatic carbocycles. The normalized spacial score (nSPS) is 15.8. The summed E-state index contributed by atoms with van der Waals surface area (Å²) < 4.78 is 31.3. The lowest BCUT2D eigenvalue weighted by molar-refractivity contribution is 0.400. The van der Waals surface area contributed by atoms with Crippen LogP contribution in [0.15, 0.2) is 36.7 Å². The first kappa shape index (κ1) is 23.1. The lowest BCUT2D eigenvalue weighted by Crippen LogP contribution is -2.43. The molecule has 1 aliphatic rings. The predicted molar refractivity (Wildman–Crippen MR) is 133 cm³/mol. The summed E-state index contributed by atoms with van der Waals surface area (Å²) in [5.74, 6) is 1.16. The number of ether oxygens (including phenoxy) is 1. The summed E-state index contributed by atoms with van der Waals surface area (Å²) >= 11 is 1.93. The molecule has 1 fully saturated rings. The Morgan fingerprint density at radius 2 is 2.00 bits per heavy atom. The number of thioether (sulfide) groups is 1. The molecular weight excluding hydrogens is 458 g/mol. The summed E-state index contributed by atoms with van der Waals surface area (Å²) in [6.07, 6.45) is 4.35. The second-order valence-corrected chi connectivity index (χ2v) is 12.1. The number of benzene rings is 1. The van der Waals surface area contributed by atoms with E-state index in [1.807, 2.05) is 30.0 Å². The maximum Gasteiger partial charge on any atom is 0.238 e. The van der Waals surface area contributed by atoms with Crippen LogP contribution in [-0.4, -0.2) is 55.3 Å². The van der Waals surface area contributed by atoms with Gasteiger partial charge in [0.15, 0.2) is 0 Å². The Bertz CT molecular complexity index is 1370. The summed E-state index contributed by atoms with van der Waals surface area (Å²) in [7, 11) is -2.07. The van der Waals surface area contributed by atoms with Crippen LogP contribution in [-0.2, 0) is 10.0 Å². The molecule has 0 atom stereocenters. The number of nitrogens with zero attached hydrogens (tertiary/aromatic N) is 4. The first-order valence-electron chi connectivity index (χ1n) is 10.3. The van der Waals surface area contributed by atoms with E-state index >= 15 is 0 Å². The van der Waals surface area contributed by atoms with Crippen LogP contribution in [0, 0.1) is 11.3 Å². The summed E-state index contributed by atoms with van der Waals surface area (Å²) in [4.78, 5) is 11.0. The molecular formula is C23H25N5O3S2. The van der Waals surface area contributed by atoms with E-state index < -0.39 is 10.0 Å². The molecule has 10 heteroatoms. The fourth-order valence-corrected chi connectivity index (χ4v) is 5.69. The van der Waals surface area contributed by atoms with Gasteiger partial charge >= 0.3 is 0 Å². The number of hydrogen-bond donors (Lipinski definition) is 1. The number of nitrogens with one attached hydrogen (secondary N) is 1. The zero-order valence-electron chi connectivity index (χ0n) is 18.9. The Morgan fingerprint density at radius 1 is 1.21 bits per heavy atom. The lowest BCUT2D eigenvalue weighted by atomic mass is 10.0. The van der Waals surface area contributed by atoms with Crippen LogP contribution in [0.3, 0.4) is 0 Å². The second kappa shape index (κ2) is 8.72. The highest BCUT2D eigenvalue weighted by Gasteiger charge is 2.29. The van der Waals surface area contributed by atoms with E-state index in [2.05, 4.69) is 39.5 Å². The molecule has 1 aliphatic heterocycles. The molecule has 0 unspecified atom stereocenters. The number of sulfonamides is 1. The maximum absolute atomic E-state index is 11.8. The predicted octanol–water partition coefficient (Wildman–Crippen LogP) is 3.88. The van der Waals surface area contributed by atoms with Gasteiger partial charge in [0, 0.05) is 46.9 Å². The van der Waals surface area contributed by atoms with Crippen molar-refractivity contribution in [1.29, 1.82) is 5.26 Å². The summed E-state index contributed by atoms with van der Waals surface area (Å²) in [5.41, 5.74) is 4.02. The lowest BCUT2D eigenvalue weighted by Gasteiger charge is -2.39. The van der Waals surface area contributed by atoms with Crippen molar-refractivity contribution in [3.8, 4) is 23.1 Å². The van der Waals surface area contributed by atoms with Gasteiger partial charge in [-0.05, 0) is 37.6 Å². The average Bonchev–Trinajstić information content (AvgIpc) is 2.76. The van der Waals surface area contributed by atoms with Gasteiger partial charge in [-0.15, -0.1) is 0 Å². The van der Waals surface area contributed by atoms with Gasteiger partial charge in [0.1, 0.15) is 11.8 Å². The molecule has 172 valence electrons. The monoisotopic (exact) mass is 483 g/mol. The van der Waals surface area contributed by atoms with Crippen molar-refractivity contribution in [2.45, 2.75) is 18.6 Å². The number of pyridine rings is 2. The summed E-state index contributed by atoms with van der Waals surface area (Å²) in [6, 6.07) is 9.80. The van der Waals surface area contributed by atoms with Gasteiger partial charge in [-0.2, -0.15) is 17.0 Å². The van der Waals surface area contributed by atoms with Gasteiger partial charge in [0.25, 0.3) is 0 Å². The van der Waals surface area contributed by atoms with Crippen LogP contribution in [0.2, 0.25) is 0 Å². The number of fused-ring (bicyclic) bond motifs is 1. The molecule has 0 amide bonds. The third kappa shape index (κ3) is 4.99. The smallest absolute Gasteiger partial charge is 0.238 e. The van der Waals surface area contributed by atoms with Crippen molar-refractivity contribution in [3.63, 3.8) is 0 Å². The summed E-state index contributed by atoms with van der Waals surface area (Å²) in [5, 5.41) is 10.7. The van der Waals surface area contributed by atoms with Crippen LogP contribution in [0.5, 0.6) is 5.88 Å². The molecule has 3 aromatic rings. The van der Waals surface area contributed by atoms with Crippen LogP contribution >= 0.6 is 11.8 Å². The molecule has 0 radical (unpaired) electrons. The highest BCUT2D eigenvalue weighted by atomic mass is 32.2. The zero-order chi connectivity index (χ0) is 23.8. The Kier molecular flexibility index (Phi) is 6.12. The molecule has 4 rings (SSSR count). The van der Waals surface area contributed by atoms with E-state index in [4.69, 9.17) is 4.74 Å². The number of hydrogen-bond acceptors (Lipinski definition) is 8. The third-order valence-corrected chi connectivity index (χ3v) is 7.26. The summed E-state index contributed by atoms with van der Waals surface area (Å²) in [6.45, 7) is 6.09. The zero-order valence-corrected chi connectivity index (χ0v) is 20.5. The highest BCUT2D eigenvalue weighted by molar-refractivity contribution is 8.00. The van der Waals surface area contributed by atoms with Crippen molar-refractivity contribution in [2.75, 3.05) is 41.8 Å². The van der Waals surface area contributed by atoms with E-state index in [1.165, 1.54) is 7.11 Å². The Labute approximate surface area is 198 Å². The minimum Gasteiger partial charge on any atom is -0.480 e. The Morgan fingerprint density at radius 3 is 2.67 bits per heavy atom. The largest absolute Gasteiger partial charge is 0.480 e. The van der Waals surface area contributed by atoms with Crippen molar-refractivity contribution in [2.24, 2.45) is 0 Å². The van der Waals surface area contributed by atoms with Gasteiger partial charge in [0.05, 0.1) is 30.1 Å². The number of anilines is 2. The van der Waals surface area contributed by atoms with Crippen molar-refractivity contribution < 1.29 is 13.2 Å². The third-order valence-electron chi connectivity index (χ3n) is 5.38. The first-order chi connectivity index (χ1) is 15.6. The number of methoxy groups -OCH3 is 1. The fraction of sp³-hybridized carbons (Fsp3) is 0.348. The average molecular weight is 484 g/mol. The van der Waals surface area contributed by atoms with Gasteiger partial charge in [-0.1, -0.05) is 6.07 Å². The molecule has 2 aromatic heterocycles. The van der Waals surface area contributed by atoms with E-state index in [9.17, 15) is 13.7 Å². The van der Waals surface area contributed by atoms with Crippen LogP contribution in [0.1, 0.15) is 19.4 Å². The quantitative estimate of drug-likeness (QED) is 0.582. The van der Waals surface area contributed by atoms with E-state index in [-0.39, 0.29) is 16.3 Å². The van der Waals surface area contributed by atoms with E-state index in [0.717, 1.165) is 47.3 Å². The van der Waals surface area contributed by atoms with Gasteiger partial charge in [0.2, 0.25) is 15.9 Å². The molecule has 0 aliphatic carbocycles. The highest BCUT2D eigenvalue weighted by Crippen LogP contribution is 2.38. The fourth-order valence-electron chi connectivity index (χ4n) is 4.03. The molecule has 0 bridgehead atoms. The van der Waals surface area contributed by atoms with E-state index in [1.54, 1.807) is 18.5 Å². The Balaban J connectivity index is 1.86. The number of rotatable bonds is 5. The molecule has 8 nitrogen and oxygen atoms in total. The molecule has 33 heavy (non-hydrogen) atoms. The maximum atomic E-state index is 11.8. The van der Waals surface area contributed by atoms with Crippen molar-refractivity contribution in [1.82, 2.24) is 9.97 Å². The topological polar surface area (TPSA) is 108 Å². The van der Waals surface area contributed by atoms with Crippen molar-refractivity contribution >= 4 is 44.1 Å². The first-order valence-corrected chi connectivity index (χ1v) is 13.2. The van der Waals surface area contributed by atoms with Crippen molar-refractivity contribution in [3.05, 3.63) is 42.2 Å². The molecule has 0 spiro atoms. The minimum atomic E-state index is -3.51. The van der Waals surface area contributed by atoms with Gasteiger partial charge in [-0.25, -0.2) is 13.4 Å². The molecule has 1 saturated heterocycles. The van der Waals surface area contributed by atoms with Crippen LogP contribution in [0.25, 0.3) is 22.0 Å². The van der Waals surface area contributed by atoms with Crippen LogP contribution < -0.4 is 14.4 Å². The molecule has 1 N–H and O–H groups in total. The second-order valence-electron chi connectivity index (χ2n) is 8.55. The molecule has 0 saturated carbocycles. The standard InChI is InChI=1S/C23H25N5O3S2/c1-23(2)14-28(7-8-32-23)21-17(11-24)13-25-19-6-5-15(9-18(19)21)16-10-20(27-33(4,29)30)22(31-3)26-12-16/h5-6,9-10,12-13,27H,7-8,14H2,1-4H3. The number of aromatic nitrogens is 2. The van der Waals surface area contributed by atoms with Gasteiger partial charge in [-0.3, -0.25) is 9.71 Å². The molecule has 3 heterocycles. The van der Waals surface area contributed by atoms with Gasteiger partial charge < -0.3 is 9.64 Å². The van der Waals surface area contributed by atoms with Crippen LogP contribution in [0.4, 0.5) is 11.4 Å². The number of nitriles is 1. The minimum absolute atomic E-state index is 0.0737. The Hall–Kier alpha value is -3.03. The van der Waals surface area contributed by atoms with E-state index in [0.29, 0.717) is 11.1 Å².